The summed E-state index contributed by atoms with van der Waals surface area (Å²) in [7, 11) is 0. The highest BCUT2D eigenvalue weighted by molar-refractivity contribution is 5.80. The standard InChI is InChI=1S/C20H33N3O2/c24-19(16-5-3-6-16)22-13-8-18(9-14-22)23-12-4-7-17(15-23)20(25)21-10-1-2-11-21/h16-18H,1-15H2/t17-/m1/s1. The van der Waals surface area contributed by atoms with Gasteiger partial charge in [-0.15, -0.1) is 0 Å². The van der Waals surface area contributed by atoms with E-state index in [0.717, 1.165) is 77.8 Å². The molecule has 3 saturated heterocycles. The molecule has 3 heterocycles. The van der Waals surface area contributed by atoms with E-state index in [9.17, 15) is 9.59 Å². The third kappa shape index (κ3) is 3.71. The van der Waals surface area contributed by atoms with Crippen LogP contribution in [-0.2, 0) is 9.59 Å². The minimum absolute atomic E-state index is 0.210. The molecule has 1 saturated carbocycles. The van der Waals surface area contributed by atoms with Gasteiger partial charge in [0.1, 0.15) is 0 Å². The number of amides is 2. The van der Waals surface area contributed by atoms with E-state index >= 15 is 0 Å². The van der Waals surface area contributed by atoms with Crippen LogP contribution >= 0.6 is 0 Å². The first-order valence-electron chi connectivity index (χ1n) is 10.5. The fourth-order valence-corrected chi connectivity index (χ4v) is 5.10. The van der Waals surface area contributed by atoms with E-state index in [2.05, 4.69) is 14.7 Å². The second-order valence-electron chi connectivity index (χ2n) is 8.55. The Bertz CT molecular complexity index is 491. The highest BCUT2D eigenvalue weighted by atomic mass is 16.2. The normalized spacial score (nSPS) is 29.7. The Labute approximate surface area is 151 Å². The number of piperidine rings is 2. The van der Waals surface area contributed by atoms with Crippen molar-refractivity contribution in [3.05, 3.63) is 0 Å². The highest BCUT2D eigenvalue weighted by Gasteiger charge is 2.36. The largest absolute Gasteiger partial charge is 0.342 e. The van der Waals surface area contributed by atoms with E-state index < -0.39 is 0 Å². The molecule has 0 bridgehead atoms. The van der Waals surface area contributed by atoms with Crippen molar-refractivity contribution in [2.45, 2.75) is 63.8 Å². The molecule has 0 aromatic carbocycles. The predicted octanol–water partition coefficient (Wildman–Crippen LogP) is 2.11. The molecular formula is C20H33N3O2. The number of carbonyl (C=O) groups excluding carboxylic acids is 2. The lowest BCUT2D eigenvalue weighted by molar-refractivity contribution is -0.140. The SMILES string of the molecule is O=C(C1CCC1)N1CCC(N2CCC[C@@H](C(=O)N3CCCC3)C2)CC1. The molecule has 25 heavy (non-hydrogen) atoms. The van der Waals surface area contributed by atoms with Gasteiger partial charge in [0.05, 0.1) is 5.92 Å². The van der Waals surface area contributed by atoms with Gasteiger partial charge in [-0.25, -0.2) is 0 Å². The maximum Gasteiger partial charge on any atom is 0.226 e. The molecule has 0 N–H and O–H groups in total. The summed E-state index contributed by atoms with van der Waals surface area (Å²) < 4.78 is 0. The van der Waals surface area contributed by atoms with Crippen LogP contribution < -0.4 is 0 Å². The molecule has 2 amide bonds. The van der Waals surface area contributed by atoms with Crippen molar-refractivity contribution in [2.24, 2.45) is 11.8 Å². The lowest BCUT2D eigenvalue weighted by atomic mass is 9.83. The van der Waals surface area contributed by atoms with E-state index in [0.29, 0.717) is 23.8 Å². The molecule has 4 fully saturated rings. The average Bonchev–Trinajstić information content (AvgIpc) is 3.14. The van der Waals surface area contributed by atoms with Crippen LogP contribution in [0.2, 0.25) is 0 Å². The van der Waals surface area contributed by atoms with Crippen LogP contribution in [0.15, 0.2) is 0 Å². The van der Waals surface area contributed by atoms with Crippen molar-refractivity contribution >= 4 is 11.8 Å². The van der Waals surface area contributed by atoms with Crippen LogP contribution in [0.25, 0.3) is 0 Å². The first-order chi connectivity index (χ1) is 12.2. The van der Waals surface area contributed by atoms with Gasteiger partial charge in [0.2, 0.25) is 11.8 Å². The Hall–Kier alpha value is -1.10. The summed E-state index contributed by atoms with van der Waals surface area (Å²) in [5.41, 5.74) is 0. The molecule has 4 aliphatic rings. The van der Waals surface area contributed by atoms with Gasteiger partial charge < -0.3 is 9.80 Å². The molecule has 0 aromatic rings. The Morgan fingerprint density at radius 2 is 1.20 bits per heavy atom. The lowest BCUT2D eigenvalue weighted by Crippen LogP contribution is -2.52. The first-order valence-corrected chi connectivity index (χ1v) is 10.5. The second-order valence-corrected chi connectivity index (χ2v) is 8.55. The molecule has 5 nitrogen and oxygen atoms in total. The van der Waals surface area contributed by atoms with Gasteiger partial charge in [0, 0.05) is 44.7 Å². The number of nitrogens with zero attached hydrogens (tertiary/aromatic N) is 3. The number of carbonyl (C=O) groups is 2. The first kappa shape index (κ1) is 17.3. The Morgan fingerprint density at radius 3 is 1.84 bits per heavy atom. The van der Waals surface area contributed by atoms with E-state index in [-0.39, 0.29) is 5.92 Å². The smallest absolute Gasteiger partial charge is 0.226 e. The third-order valence-electron chi connectivity index (χ3n) is 6.97. The predicted molar refractivity (Wildman–Crippen MR) is 97.1 cm³/mol. The van der Waals surface area contributed by atoms with Gasteiger partial charge in [-0.05, 0) is 57.9 Å². The Balaban J connectivity index is 1.27. The Kier molecular flexibility index (Phi) is 5.30. The number of rotatable bonds is 3. The molecule has 5 heteroatoms. The number of hydrogen-bond donors (Lipinski definition) is 0. The van der Waals surface area contributed by atoms with Gasteiger partial charge in [-0.2, -0.15) is 0 Å². The molecule has 140 valence electrons. The van der Waals surface area contributed by atoms with E-state index in [4.69, 9.17) is 0 Å². The lowest BCUT2D eigenvalue weighted by Gasteiger charge is -2.43. The third-order valence-corrected chi connectivity index (χ3v) is 6.97. The summed E-state index contributed by atoms with van der Waals surface area (Å²) in [6.07, 6.45) is 10.2. The average molecular weight is 348 g/mol. The van der Waals surface area contributed by atoms with Crippen molar-refractivity contribution in [1.82, 2.24) is 14.7 Å². The summed E-state index contributed by atoms with van der Waals surface area (Å²) in [5.74, 6) is 1.35. The molecule has 0 spiro atoms. The fraction of sp³-hybridized carbons (Fsp3) is 0.900. The van der Waals surface area contributed by atoms with Gasteiger partial charge in [0.15, 0.2) is 0 Å². The zero-order valence-corrected chi connectivity index (χ0v) is 15.5. The maximum absolute atomic E-state index is 12.7. The molecule has 0 radical (unpaired) electrons. The zero-order chi connectivity index (χ0) is 17.2. The minimum Gasteiger partial charge on any atom is -0.342 e. The van der Waals surface area contributed by atoms with Crippen molar-refractivity contribution < 1.29 is 9.59 Å². The zero-order valence-electron chi connectivity index (χ0n) is 15.5. The van der Waals surface area contributed by atoms with Gasteiger partial charge >= 0.3 is 0 Å². The minimum atomic E-state index is 0.210. The monoisotopic (exact) mass is 347 g/mol. The van der Waals surface area contributed by atoms with Crippen LogP contribution in [0.1, 0.15) is 57.8 Å². The van der Waals surface area contributed by atoms with E-state index in [1.807, 2.05) is 0 Å². The van der Waals surface area contributed by atoms with Crippen molar-refractivity contribution in [1.29, 1.82) is 0 Å². The summed E-state index contributed by atoms with van der Waals surface area (Å²) in [5, 5.41) is 0. The van der Waals surface area contributed by atoms with Crippen molar-refractivity contribution in [3.63, 3.8) is 0 Å². The van der Waals surface area contributed by atoms with Crippen LogP contribution in [0, 0.1) is 11.8 Å². The molecule has 1 atom stereocenters. The van der Waals surface area contributed by atoms with Gasteiger partial charge in [-0.3, -0.25) is 14.5 Å². The van der Waals surface area contributed by atoms with Crippen LogP contribution in [0.5, 0.6) is 0 Å². The molecule has 0 unspecified atom stereocenters. The summed E-state index contributed by atoms with van der Waals surface area (Å²) in [6.45, 7) is 5.85. The molecular weight excluding hydrogens is 314 g/mol. The maximum atomic E-state index is 12.7. The number of likely N-dealkylation sites (tertiary alicyclic amines) is 3. The van der Waals surface area contributed by atoms with Crippen molar-refractivity contribution in [3.8, 4) is 0 Å². The van der Waals surface area contributed by atoms with Gasteiger partial charge in [0.25, 0.3) is 0 Å². The highest BCUT2D eigenvalue weighted by Crippen LogP contribution is 2.31. The second kappa shape index (κ2) is 7.65. The number of hydrogen-bond acceptors (Lipinski definition) is 3. The summed E-state index contributed by atoms with van der Waals surface area (Å²) in [6, 6.07) is 0.569. The van der Waals surface area contributed by atoms with E-state index in [1.165, 1.54) is 19.3 Å². The molecule has 1 aliphatic carbocycles. The van der Waals surface area contributed by atoms with Gasteiger partial charge in [-0.1, -0.05) is 6.42 Å². The Morgan fingerprint density at radius 1 is 0.600 bits per heavy atom. The quantitative estimate of drug-likeness (QED) is 0.785. The van der Waals surface area contributed by atoms with E-state index in [1.54, 1.807) is 0 Å². The molecule has 3 aliphatic heterocycles. The van der Waals surface area contributed by atoms with Crippen LogP contribution in [0.3, 0.4) is 0 Å². The summed E-state index contributed by atoms with van der Waals surface area (Å²) in [4.78, 5) is 31.9. The topological polar surface area (TPSA) is 43.9 Å². The summed E-state index contributed by atoms with van der Waals surface area (Å²) >= 11 is 0. The molecule has 0 aromatic heterocycles. The van der Waals surface area contributed by atoms with Crippen LogP contribution in [-0.4, -0.2) is 71.8 Å². The molecule has 4 rings (SSSR count). The van der Waals surface area contributed by atoms with Crippen LogP contribution in [0.4, 0.5) is 0 Å². The van der Waals surface area contributed by atoms with Crippen molar-refractivity contribution in [2.75, 3.05) is 39.3 Å². The fourth-order valence-electron chi connectivity index (χ4n) is 5.10.